The van der Waals surface area contributed by atoms with E-state index in [1.54, 1.807) is 4.90 Å². The molecule has 1 aromatic carbocycles. The highest BCUT2D eigenvalue weighted by atomic mass is 19.1. The Kier molecular flexibility index (Phi) is 7.52. The number of fused-ring (bicyclic) bond motifs is 1. The zero-order valence-corrected chi connectivity index (χ0v) is 22.0. The van der Waals surface area contributed by atoms with Crippen LogP contribution in [-0.2, 0) is 11.2 Å². The summed E-state index contributed by atoms with van der Waals surface area (Å²) in [7, 11) is 1.41. The number of carbonyl (C=O) groups is 2. The van der Waals surface area contributed by atoms with E-state index < -0.39 is 23.1 Å². The summed E-state index contributed by atoms with van der Waals surface area (Å²) in [4.78, 5) is 30.9. The van der Waals surface area contributed by atoms with Crippen LogP contribution in [0.2, 0.25) is 0 Å². The van der Waals surface area contributed by atoms with Crippen LogP contribution in [0.15, 0.2) is 30.5 Å². The number of ether oxygens (including phenoxy) is 1. The van der Waals surface area contributed by atoms with Crippen molar-refractivity contribution in [3.05, 3.63) is 58.9 Å². The topological polar surface area (TPSA) is 75.9 Å². The third kappa shape index (κ3) is 5.92. The Labute approximate surface area is 215 Å². The predicted molar refractivity (Wildman–Crippen MR) is 138 cm³/mol. The monoisotopic (exact) mass is 512 g/mol. The van der Waals surface area contributed by atoms with Crippen molar-refractivity contribution in [2.45, 2.75) is 59.0 Å². The van der Waals surface area contributed by atoms with Gasteiger partial charge in [-0.2, -0.15) is 0 Å². The number of rotatable bonds is 4. The predicted octanol–water partition coefficient (Wildman–Crippen LogP) is 5.53. The molecule has 1 fully saturated rings. The van der Waals surface area contributed by atoms with Gasteiger partial charge in [0.1, 0.15) is 22.9 Å². The molecule has 1 N–H and O–H groups in total. The van der Waals surface area contributed by atoms with Gasteiger partial charge >= 0.3 is 6.09 Å². The molecule has 0 saturated carbocycles. The van der Waals surface area contributed by atoms with Gasteiger partial charge in [-0.15, -0.1) is 0 Å². The molecule has 1 saturated heterocycles. The first-order valence-electron chi connectivity index (χ1n) is 12.6. The maximum atomic E-state index is 15.3. The average Bonchev–Trinajstić information content (AvgIpc) is 2.98. The van der Waals surface area contributed by atoms with E-state index in [2.05, 4.69) is 10.3 Å². The molecular weight excluding hydrogens is 478 g/mol. The van der Waals surface area contributed by atoms with Crippen LogP contribution in [0.4, 0.5) is 13.6 Å². The van der Waals surface area contributed by atoms with E-state index in [-0.39, 0.29) is 28.8 Å². The Hall–Kier alpha value is -3.49. The molecule has 37 heavy (non-hydrogen) atoms. The molecule has 1 aliphatic heterocycles. The quantitative estimate of drug-likeness (QED) is 0.499. The summed E-state index contributed by atoms with van der Waals surface area (Å²) in [5.74, 6) is -2.05. The molecule has 1 unspecified atom stereocenters. The van der Waals surface area contributed by atoms with Crippen LogP contribution in [0.3, 0.4) is 0 Å². The minimum atomic E-state index is -0.836. The molecule has 0 aliphatic carbocycles. The van der Waals surface area contributed by atoms with Crippen molar-refractivity contribution in [2.75, 3.05) is 20.1 Å². The van der Waals surface area contributed by atoms with Crippen molar-refractivity contribution in [2.24, 2.45) is 5.92 Å². The van der Waals surface area contributed by atoms with E-state index in [4.69, 9.17) is 4.74 Å². The first-order valence-corrected chi connectivity index (χ1v) is 12.6. The lowest BCUT2D eigenvalue weighted by Crippen LogP contribution is -2.37. The van der Waals surface area contributed by atoms with E-state index in [0.29, 0.717) is 30.9 Å². The molecule has 0 spiro atoms. The second-order valence-electron chi connectivity index (χ2n) is 10.7. The van der Waals surface area contributed by atoms with Crippen LogP contribution in [0.5, 0.6) is 0 Å². The van der Waals surface area contributed by atoms with Gasteiger partial charge < -0.3 is 19.4 Å². The summed E-state index contributed by atoms with van der Waals surface area (Å²) in [5.41, 5.74) is 1.63. The van der Waals surface area contributed by atoms with Gasteiger partial charge in [0.2, 0.25) is 0 Å². The molecule has 0 radical (unpaired) electrons. The van der Waals surface area contributed by atoms with Crippen LogP contribution in [0, 0.1) is 24.5 Å². The number of hydrogen-bond acceptors (Lipinski definition) is 4. The third-order valence-corrected chi connectivity index (χ3v) is 6.63. The molecule has 3 heterocycles. The molecule has 1 aliphatic rings. The average molecular weight is 513 g/mol. The van der Waals surface area contributed by atoms with Crippen LogP contribution in [-0.4, -0.2) is 52.0 Å². The first-order chi connectivity index (χ1) is 17.5. The summed E-state index contributed by atoms with van der Waals surface area (Å²) in [5, 5.41) is 2.39. The molecule has 2 aromatic heterocycles. The molecule has 7 nitrogen and oxygen atoms in total. The molecule has 9 heteroatoms. The first kappa shape index (κ1) is 26.6. The van der Waals surface area contributed by atoms with Gasteiger partial charge in [-0.25, -0.2) is 18.6 Å². The maximum Gasteiger partial charge on any atom is 0.410 e. The minimum absolute atomic E-state index is 0.0894. The Morgan fingerprint density at radius 2 is 1.84 bits per heavy atom. The van der Waals surface area contributed by atoms with Crippen molar-refractivity contribution in [1.82, 2.24) is 19.6 Å². The highest BCUT2D eigenvalue weighted by molar-refractivity contribution is 5.94. The summed E-state index contributed by atoms with van der Waals surface area (Å²) < 4.78 is 38.0. The van der Waals surface area contributed by atoms with Crippen LogP contribution < -0.4 is 5.32 Å². The Balaban J connectivity index is 1.67. The molecule has 4 rings (SSSR count). The Morgan fingerprint density at radius 1 is 1.14 bits per heavy atom. The molecule has 1 atom stereocenters. The lowest BCUT2D eigenvalue weighted by atomic mass is 9.93. The fraction of sp³-hybridized carbons (Fsp3) is 0.464. The van der Waals surface area contributed by atoms with Crippen LogP contribution in [0.1, 0.15) is 61.6 Å². The number of nitrogens with one attached hydrogen (secondary N) is 1. The number of likely N-dealkylation sites (tertiary alicyclic amines) is 1. The fourth-order valence-corrected chi connectivity index (χ4v) is 4.82. The van der Waals surface area contributed by atoms with Crippen molar-refractivity contribution >= 4 is 17.6 Å². The summed E-state index contributed by atoms with van der Waals surface area (Å²) in [6, 6.07) is 5.89. The van der Waals surface area contributed by atoms with Crippen molar-refractivity contribution < 1.29 is 23.1 Å². The molecule has 198 valence electrons. The normalized spacial score (nSPS) is 16.5. The number of hydrogen-bond donors (Lipinski definition) is 1. The highest BCUT2D eigenvalue weighted by Crippen LogP contribution is 2.34. The van der Waals surface area contributed by atoms with Gasteiger partial charge in [-0.3, -0.25) is 4.79 Å². The lowest BCUT2D eigenvalue weighted by Gasteiger charge is -2.26. The lowest BCUT2D eigenvalue weighted by molar-refractivity contribution is 0.0255. The van der Waals surface area contributed by atoms with Crippen molar-refractivity contribution in [1.29, 1.82) is 0 Å². The van der Waals surface area contributed by atoms with Crippen molar-refractivity contribution in [3.63, 3.8) is 0 Å². The zero-order valence-electron chi connectivity index (χ0n) is 22.0. The maximum absolute atomic E-state index is 15.3. The van der Waals surface area contributed by atoms with Crippen molar-refractivity contribution in [3.8, 4) is 11.3 Å². The number of imidazole rings is 1. The van der Waals surface area contributed by atoms with E-state index in [0.717, 1.165) is 37.0 Å². The summed E-state index contributed by atoms with van der Waals surface area (Å²) in [6.45, 7) is 8.63. The number of amides is 2. The smallest absolute Gasteiger partial charge is 0.410 e. The van der Waals surface area contributed by atoms with E-state index in [9.17, 15) is 9.59 Å². The molecular formula is C28H34F2N4O3. The van der Waals surface area contributed by atoms with Gasteiger partial charge in [0.05, 0.1) is 17.0 Å². The largest absolute Gasteiger partial charge is 0.444 e. The minimum Gasteiger partial charge on any atom is -0.444 e. The second kappa shape index (κ2) is 10.5. The van der Waals surface area contributed by atoms with Gasteiger partial charge in [-0.05, 0) is 89.1 Å². The number of aryl methyl sites for hydroxylation is 1. The third-order valence-electron chi connectivity index (χ3n) is 6.63. The fourth-order valence-electron chi connectivity index (χ4n) is 4.82. The number of halogens is 2. The molecule has 3 aromatic rings. The SMILES string of the molecule is CNC(=O)c1cc(F)c(-c2nc3cc(C)ccn3c2CC2CCCN(C(=O)OC(C)(C)C)CC2)c(F)c1. The zero-order chi connectivity index (χ0) is 26.9. The van der Waals surface area contributed by atoms with E-state index in [1.165, 1.54) is 7.05 Å². The van der Waals surface area contributed by atoms with Gasteiger partial charge in [0, 0.05) is 31.9 Å². The van der Waals surface area contributed by atoms with Gasteiger partial charge in [0.25, 0.3) is 5.91 Å². The van der Waals surface area contributed by atoms with Gasteiger partial charge in [-0.1, -0.05) is 0 Å². The van der Waals surface area contributed by atoms with Crippen LogP contribution in [0.25, 0.3) is 16.9 Å². The number of carbonyl (C=O) groups excluding carboxylic acids is 2. The van der Waals surface area contributed by atoms with Crippen LogP contribution >= 0.6 is 0 Å². The standard InChI is InChI=1S/C28H34F2N4O3/c1-17-8-12-34-22(14-18-7-6-10-33(11-9-18)27(36)37-28(2,3)4)25(32-23(34)13-17)24-20(29)15-19(16-21(24)30)26(35)31-5/h8,12-13,15-16,18H,6-7,9-11,14H2,1-5H3,(H,31,35). The van der Waals surface area contributed by atoms with E-state index >= 15 is 8.78 Å². The highest BCUT2D eigenvalue weighted by Gasteiger charge is 2.28. The van der Waals surface area contributed by atoms with Gasteiger partial charge in [0.15, 0.2) is 0 Å². The molecule has 2 amide bonds. The Morgan fingerprint density at radius 3 is 2.49 bits per heavy atom. The Bertz CT molecular complexity index is 1310. The summed E-state index contributed by atoms with van der Waals surface area (Å²) in [6.07, 6.45) is 4.49. The summed E-state index contributed by atoms with van der Waals surface area (Å²) >= 11 is 0. The number of aromatic nitrogens is 2. The number of benzene rings is 1. The van der Waals surface area contributed by atoms with E-state index in [1.807, 2.05) is 50.4 Å². The second-order valence-corrected chi connectivity index (χ2v) is 10.7. The number of pyridine rings is 1. The number of nitrogens with zero attached hydrogens (tertiary/aromatic N) is 3. The molecule has 0 bridgehead atoms.